The number of phenolic OH excluding ortho intramolecular Hbond substituents is 1. The summed E-state index contributed by atoms with van der Waals surface area (Å²) in [5.41, 5.74) is 0.248. The fraction of sp³-hybridized carbons (Fsp3) is 0.533. The van der Waals surface area contributed by atoms with Gasteiger partial charge in [0.05, 0.1) is 5.56 Å². The minimum Gasteiger partial charge on any atom is -0.507 e. The van der Waals surface area contributed by atoms with Crippen molar-refractivity contribution in [2.24, 2.45) is 11.8 Å². The minimum atomic E-state index is -0.244. The molecular weight excluding hydrogens is 262 g/mol. The van der Waals surface area contributed by atoms with Crippen LogP contribution in [0.1, 0.15) is 43.5 Å². The van der Waals surface area contributed by atoms with Gasteiger partial charge in [0, 0.05) is 11.1 Å². The summed E-state index contributed by atoms with van der Waals surface area (Å²) in [5, 5.41) is 13.2. The highest BCUT2D eigenvalue weighted by molar-refractivity contribution is 6.31. The average molecular weight is 282 g/mol. The molecule has 0 saturated heterocycles. The van der Waals surface area contributed by atoms with E-state index >= 15 is 0 Å². The Morgan fingerprint density at radius 1 is 1.37 bits per heavy atom. The topological polar surface area (TPSA) is 49.3 Å². The number of rotatable bonds is 2. The van der Waals surface area contributed by atoms with Crippen LogP contribution in [0, 0.1) is 11.8 Å². The van der Waals surface area contributed by atoms with Crippen molar-refractivity contribution in [3.63, 3.8) is 0 Å². The van der Waals surface area contributed by atoms with Gasteiger partial charge in [0.15, 0.2) is 0 Å². The summed E-state index contributed by atoms with van der Waals surface area (Å²) < 4.78 is 0. The van der Waals surface area contributed by atoms with Crippen LogP contribution in [0.25, 0.3) is 0 Å². The molecule has 4 heteroatoms. The minimum absolute atomic E-state index is 0.0290. The summed E-state index contributed by atoms with van der Waals surface area (Å²) in [6, 6.07) is 4.70. The highest BCUT2D eigenvalue weighted by Crippen LogP contribution is 2.29. The van der Waals surface area contributed by atoms with E-state index in [9.17, 15) is 9.90 Å². The lowest BCUT2D eigenvalue weighted by molar-refractivity contribution is 0.0897. The summed E-state index contributed by atoms with van der Waals surface area (Å²) in [6.07, 6.45) is 3.26. The van der Waals surface area contributed by atoms with Gasteiger partial charge in [0.1, 0.15) is 5.75 Å². The first kappa shape index (κ1) is 14.2. The quantitative estimate of drug-likeness (QED) is 0.870. The number of halogens is 1. The van der Waals surface area contributed by atoms with Crippen molar-refractivity contribution in [2.75, 3.05) is 0 Å². The zero-order valence-corrected chi connectivity index (χ0v) is 12.1. The van der Waals surface area contributed by atoms with Crippen molar-refractivity contribution in [3.8, 4) is 5.75 Å². The Hall–Kier alpha value is -1.22. The molecule has 2 rings (SSSR count). The van der Waals surface area contributed by atoms with Gasteiger partial charge in [-0.1, -0.05) is 25.4 Å². The first-order valence-corrected chi connectivity index (χ1v) is 7.14. The van der Waals surface area contributed by atoms with Crippen molar-refractivity contribution in [3.05, 3.63) is 28.8 Å². The van der Waals surface area contributed by atoms with E-state index in [1.807, 2.05) is 0 Å². The van der Waals surface area contributed by atoms with E-state index in [1.165, 1.54) is 12.1 Å². The van der Waals surface area contributed by atoms with Gasteiger partial charge in [0.2, 0.25) is 0 Å². The molecule has 1 fully saturated rings. The lowest BCUT2D eigenvalue weighted by Gasteiger charge is -2.33. The van der Waals surface area contributed by atoms with Gasteiger partial charge in [-0.25, -0.2) is 0 Å². The van der Waals surface area contributed by atoms with Gasteiger partial charge in [0.25, 0.3) is 5.91 Å². The molecule has 1 saturated carbocycles. The first-order chi connectivity index (χ1) is 8.97. The molecule has 19 heavy (non-hydrogen) atoms. The Morgan fingerprint density at radius 2 is 2.11 bits per heavy atom. The van der Waals surface area contributed by atoms with E-state index in [4.69, 9.17) is 11.6 Å². The van der Waals surface area contributed by atoms with E-state index in [-0.39, 0.29) is 23.3 Å². The molecule has 3 nitrogen and oxygen atoms in total. The second-order valence-electron chi connectivity index (χ2n) is 5.64. The molecule has 3 unspecified atom stereocenters. The van der Waals surface area contributed by atoms with Gasteiger partial charge >= 0.3 is 0 Å². The van der Waals surface area contributed by atoms with Crippen molar-refractivity contribution >= 4 is 17.5 Å². The number of carbonyl (C=O) groups is 1. The molecule has 0 heterocycles. The Kier molecular flexibility index (Phi) is 4.35. The van der Waals surface area contributed by atoms with Gasteiger partial charge < -0.3 is 10.4 Å². The third-order valence-corrected chi connectivity index (χ3v) is 4.19. The predicted molar refractivity (Wildman–Crippen MR) is 76.6 cm³/mol. The molecule has 0 bridgehead atoms. The van der Waals surface area contributed by atoms with Crippen LogP contribution >= 0.6 is 11.6 Å². The van der Waals surface area contributed by atoms with Crippen LogP contribution < -0.4 is 5.32 Å². The number of phenols is 1. The number of hydrogen-bond donors (Lipinski definition) is 2. The SMILES string of the molecule is CC1CCC(NC(=O)c2cc(Cl)ccc2O)C(C)C1. The highest BCUT2D eigenvalue weighted by Gasteiger charge is 2.27. The average Bonchev–Trinajstić information content (AvgIpc) is 2.35. The van der Waals surface area contributed by atoms with E-state index in [0.717, 1.165) is 25.2 Å². The summed E-state index contributed by atoms with van der Waals surface area (Å²) >= 11 is 5.86. The van der Waals surface area contributed by atoms with Crippen molar-refractivity contribution < 1.29 is 9.90 Å². The number of hydrogen-bond acceptors (Lipinski definition) is 2. The van der Waals surface area contributed by atoms with Crippen LogP contribution in [0.2, 0.25) is 5.02 Å². The van der Waals surface area contributed by atoms with E-state index in [0.29, 0.717) is 10.9 Å². The van der Waals surface area contributed by atoms with Gasteiger partial charge in [-0.2, -0.15) is 0 Å². The molecule has 1 aliphatic carbocycles. The zero-order chi connectivity index (χ0) is 14.0. The third-order valence-electron chi connectivity index (χ3n) is 3.95. The summed E-state index contributed by atoms with van der Waals surface area (Å²) in [7, 11) is 0. The van der Waals surface area contributed by atoms with Crippen molar-refractivity contribution in [1.82, 2.24) is 5.32 Å². The standard InChI is InChI=1S/C15H20ClNO2/c1-9-3-5-13(10(2)7-9)17-15(19)12-8-11(16)4-6-14(12)18/h4,6,8-10,13,18H,3,5,7H2,1-2H3,(H,17,19). The van der Waals surface area contributed by atoms with E-state index in [1.54, 1.807) is 6.07 Å². The zero-order valence-electron chi connectivity index (χ0n) is 11.3. The number of amides is 1. The number of carbonyl (C=O) groups excluding carboxylic acids is 1. The Balaban J connectivity index is 2.06. The third kappa shape index (κ3) is 3.41. The molecule has 1 amide bonds. The van der Waals surface area contributed by atoms with Crippen LogP contribution in [0.5, 0.6) is 5.75 Å². The number of aromatic hydroxyl groups is 1. The summed E-state index contributed by atoms with van der Waals surface area (Å²) in [4.78, 5) is 12.2. The molecule has 0 aliphatic heterocycles. The monoisotopic (exact) mass is 281 g/mol. The highest BCUT2D eigenvalue weighted by atomic mass is 35.5. The van der Waals surface area contributed by atoms with E-state index < -0.39 is 0 Å². The maximum absolute atomic E-state index is 12.2. The molecule has 2 N–H and O–H groups in total. The Morgan fingerprint density at radius 3 is 2.79 bits per heavy atom. The first-order valence-electron chi connectivity index (χ1n) is 6.76. The lowest BCUT2D eigenvalue weighted by Crippen LogP contribution is -2.42. The molecule has 0 spiro atoms. The Bertz CT molecular complexity index is 475. The van der Waals surface area contributed by atoms with Gasteiger partial charge in [-0.15, -0.1) is 0 Å². The second-order valence-corrected chi connectivity index (χ2v) is 6.07. The van der Waals surface area contributed by atoms with E-state index in [2.05, 4.69) is 19.2 Å². The summed E-state index contributed by atoms with van der Waals surface area (Å²) in [5.74, 6) is 0.918. The molecule has 1 aromatic rings. The molecular formula is C15H20ClNO2. The van der Waals surface area contributed by atoms with Crippen LogP contribution in [0.4, 0.5) is 0 Å². The van der Waals surface area contributed by atoms with Crippen LogP contribution in [0.3, 0.4) is 0 Å². The fourth-order valence-electron chi connectivity index (χ4n) is 2.82. The van der Waals surface area contributed by atoms with Crippen molar-refractivity contribution in [2.45, 2.75) is 39.2 Å². The Labute approximate surface area is 119 Å². The second kappa shape index (κ2) is 5.83. The lowest BCUT2D eigenvalue weighted by atomic mass is 9.80. The number of benzene rings is 1. The molecule has 0 aromatic heterocycles. The maximum atomic E-state index is 12.2. The van der Waals surface area contributed by atoms with Crippen LogP contribution in [0.15, 0.2) is 18.2 Å². The maximum Gasteiger partial charge on any atom is 0.255 e. The van der Waals surface area contributed by atoms with Crippen molar-refractivity contribution in [1.29, 1.82) is 0 Å². The molecule has 0 radical (unpaired) electrons. The van der Waals surface area contributed by atoms with Gasteiger partial charge in [-0.3, -0.25) is 4.79 Å². The smallest absolute Gasteiger partial charge is 0.255 e. The number of nitrogens with one attached hydrogen (secondary N) is 1. The molecule has 1 aromatic carbocycles. The normalized spacial score (nSPS) is 27.0. The van der Waals surface area contributed by atoms with Crippen LogP contribution in [-0.4, -0.2) is 17.1 Å². The molecule has 1 aliphatic rings. The molecule has 3 atom stereocenters. The predicted octanol–water partition coefficient (Wildman–Crippen LogP) is 3.60. The van der Waals surface area contributed by atoms with Crippen LogP contribution in [-0.2, 0) is 0 Å². The van der Waals surface area contributed by atoms with Gasteiger partial charge in [-0.05, 0) is 49.3 Å². The fourth-order valence-corrected chi connectivity index (χ4v) is 2.99. The molecule has 104 valence electrons. The summed E-state index contributed by atoms with van der Waals surface area (Å²) in [6.45, 7) is 4.41. The largest absolute Gasteiger partial charge is 0.507 e.